The summed E-state index contributed by atoms with van der Waals surface area (Å²) in [5, 5.41) is 5.84. The normalized spacial score (nSPS) is 15.1. The lowest BCUT2D eigenvalue weighted by Crippen LogP contribution is -2.25. The molecule has 1 aliphatic carbocycles. The van der Waals surface area contributed by atoms with E-state index in [1.165, 1.54) is 29.5 Å². The van der Waals surface area contributed by atoms with Crippen molar-refractivity contribution in [2.24, 2.45) is 5.92 Å². The Morgan fingerprint density at radius 1 is 1.25 bits per heavy atom. The maximum absolute atomic E-state index is 12.0. The number of hydrogen-bond acceptors (Lipinski definition) is 1. The molecule has 0 bridgehead atoms. The molecule has 108 valence electrons. The van der Waals surface area contributed by atoms with Crippen LogP contribution in [-0.2, 0) is 12.8 Å². The molecule has 0 unspecified atom stereocenters. The monoisotopic (exact) mass is 272 g/mol. The van der Waals surface area contributed by atoms with E-state index in [0.717, 1.165) is 18.5 Å². The quantitative estimate of drug-likeness (QED) is 0.826. The van der Waals surface area contributed by atoms with Gasteiger partial charge in [-0.2, -0.15) is 0 Å². The Morgan fingerprint density at radius 3 is 2.35 bits per heavy atom. The lowest BCUT2D eigenvalue weighted by molar-refractivity contribution is 0.255. The molecule has 0 heterocycles. The number of hydrogen-bond donors (Lipinski definition) is 2. The van der Waals surface area contributed by atoms with Crippen LogP contribution in [0.1, 0.15) is 44.7 Å². The number of para-hydroxylation sites is 1. The number of carbonyl (C=O) groups is 1. The first-order chi connectivity index (χ1) is 9.65. The van der Waals surface area contributed by atoms with Crippen molar-refractivity contribution in [2.75, 3.05) is 5.32 Å². The van der Waals surface area contributed by atoms with Crippen LogP contribution in [-0.4, -0.2) is 6.03 Å². The van der Waals surface area contributed by atoms with E-state index >= 15 is 0 Å². The molecule has 0 aliphatic heterocycles. The first kappa shape index (κ1) is 14.6. The number of rotatable bonds is 5. The Labute approximate surface area is 121 Å². The number of urea groups is 1. The summed E-state index contributed by atoms with van der Waals surface area (Å²) in [6.07, 6.45) is 6.18. The number of aryl methyl sites for hydroxylation is 2. The number of amides is 2. The predicted molar refractivity (Wildman–Crippen MR) is 83.8 cm³/mol. The fourth-order valence-corrected chi connectivity index (χ4v) is 2.39. The average Bonchev–Trinajstić information content (AvgIpc) is 3.29. The maximum Gasteiger partial charge on any atom is 0.323 e. The molecule has 1 aromatic rings. The Balaban J connectivity index is 2.04. The van der Waals surface area contributed by atoms with Crippen LogP contribution in [0.2, 0.25) is 0 Å². The van der Waals surface area contributed by atoms with Crippen molar-refractivity contribution in [3.8, 4) is 0 Å². The van der Waals surface area contributed by atoms with Gasteiger partial charge in [0.05, 0.1) is 0 Å². The van der Waals surface area contributed by atoms with Crippen LogP contribution in [0, 0.1) is 5.92 Å². The molecule has 0 spiro atoms. The summed E-state index contributed by atoms with van der Waals surface area (Å²) < 4.78 is 0. The first-order valence-electron chi connectivity index (χ1n) is 7.50. The summed E-state index contributed by atoms with van der Waals surface area (Å²) in [6.45, 7) is 6.29. The van der Waals surface area contributed by atoms with Crippen molar-refractivity contribution in [3.63, 3.8) is 0 Å². The topological polar surface area (TPSA) is 41.1 Å². The lowest BCUT2D eigenvalue weighted by atomic mass is 10.0. The fraction of sp³-hybridized carbons (Fsp3) is 0.471. The highest BCUT2D eigenvalue weighted by Crippen LogP contribution is 2.35. The average molecular weight is 272 g/mol. The van der Waals surface area contributed by atoms with E-state index in [-0.39, 0.29) is 6.03 Å². The summed E-state index contributed by atoms with van der Waals surface area (Å²) in [5.41, 5.74) is 4.59. The van der Waals surface area contributed by atoms with Gasteiger partial charge in [0.15, 0.2) is 0 Å². The second kappa shape index (κ2) is 6.60. The van der Waals surface area contributed by atoms with Crippen LogP contribution in [0.4, 0.5) is 10.5 Å². The summed E-state index contributed by atoms with van der Waals surface area (Å²) in [4.78, 5) is 12.0. The highest BCUT2D eigenvalue weighted by atomic mass is 16.2. The van der Waals surface area contributed by atoms with Gasteiger partial charge in [-0.1, -0.05) is 37.6 Å². The van der Waals surface area contributed by atoms with E-state index in [4.69, 9.17) is 0 Å². The molecule has 3 heteroatoms. The molecule has 0 radical (unpaired) electrons. The number of benzene rings is 1. The maximum atomic E-state index is 12.0. The summed E-state index contributed by atoms with van der Waals surface area (Å²) in [6, 6.07) is 6.04. The molecule has 1 fully saturated rings. The van der Waals surface area contributed by atoms with E-state index in [1.807, 2.05) is 6.20 Å². The molecule has 2 rings (SSSR count). The summed E-state index contributed by atoms with van der Waals surface area (Å²) >= 11 is 0. The third-order valence-corrected chi connectivity index (χ3v) is 3.89. The standard InChI is InChI=1S/C17H24N2O/c1-4-13-7-6-8-14(5-2)16(13)19-17(20)18-11-12(3)15-9-10-15/h6-8,11,15H,4-5,9-10H2,1-3H3,(H2,18,19,20)/b12-11+. The third-order valence-electron chi connectivity index (χ3n) is 3.89. The van der Waals surface area contributed by atoms with Gasteiger partial charge in [0.1, 0.15) is 0 Å². The predicted octanol–water partition coefficient (Wildman–Crippen LogP) is 4.25. The zero-order valence-electron chi connectivity index (χ0n) is 12.6. The minimum Gasteiger partial charge on any atom is -0.314 e. The molecule has 2 amide bonds. The van der Waals surface area contributed by atoms with Crippen LogP contribution < -0.4 is 10.6 Å². The van der Waals surface area contributed by atoms with E-state index in [1.54, 1.807) is 0 Å². The molecule has 1 aromatic carbocycles. The highest BCUT2D eigenvalue weighted by Gasteiger charge is 2.22. The Morgan fingerprint density at radius 2 is 1.85 bits per heavy atom. The number of anilines is 1. The van der Waals surface area contributed by atoms with Crippen molar-refractivity contribution < 1.29 is 4.79 Å². The minimum absolute atomic E-state index is 0.152. The third kappa shape index (κ3) is 3.62. The summed E-state index contributed by atoms with van der Waals surface area (Å²) in [7, 11) is 0. The van der Waals surface area contributed by atoms with Gasteiger partial charge in [-0.25, -0.2) is 4.79 Å². The summed E-state index contributed by atoms with van der Waals surface area (Å²) in [5.74, 6) is 0.685. The molecule has 0 atom stereocenters. The van der Waals surface area contributed by atoms with Gasteiger partial charge in [0.2, 0.25) is 0 Å². The van der Waals surface area contributed by atoms with Crippen molar-refractivity contribution in [3.05, 3.63) is 41.1 Å². The van der Waals surface area contributed by atoms with Crippen molar-refractivity contribution in [2.45, 2.75) is 46.5 Å². The van der Waals surface area contributed by atoms with Crippen molar-refractivity contribution in [1.82, 2.24) is 5.32 Å². The van der Waals surface area contributed by atoms with Crippen LogP contribution in [0.25, 0.3) is 0 Å². The number of nitrogens with one attached hydrogen (secondary N) is 2. The zero-order valence-corrected chi connectivity index (χ0v) is 12.6. The fourth-order valence-electron chi connectivity index (χ4n) is 2.39. The minimum atomic E-state index is -0.152. The zero-order chi connectivity index (χ0) is 14.5. The van der Waals surface area contributed by atoms with Gasteiger partial charge >= 0.3 is 6.03 Å². The van der Waals surface area contributed by atoms with Gasteiger partial charge in [-0.05, 0) is 49.7 Å². The van der Waals surface area contributed by atoms with Gasteiger partial charge in [-0.3, -0.25) is 0 Å². The van der Waals surface area contributed by atoms with Crippen molar-refractivity contribution in [1.29, 1.82) is 0 Å². The molecule has 2 N–H and O–H groups in total. The second-order valence-corrected chi connectivity index (χ2v) is 5.42. The Bertz CT molecular complexity index is 493. The molecule has 0 aromatic heterocycles. The van der Waals surface area contributed by atoms with Crippen LogP contribution in [0.5, 0.6) is 0 Å². The Kier molecular flexibility index (Phi) is 4.83. The first-order valence-corrected chi connectivity index (χ1v) is 7.50. The van der Waals surface area contributed by atoms with Gasteiger partial charge in [0.25, 0.3) is 0 Å². The molecule has 1 saturated carbocycles. The van der Waals surface area contributed by atoms with E-state index < -0.39 is 0 Å². The van der Waals surface area contributed by atoms with E-state index in [2.05, 4.69) is 49.6 Å². The van der Waals surface area contributed by atoms with Crippen LogP contribution in [0.15, 0.2) is 30.0 Å². The van der Waals surface area contributed by atoms with Gasteiger partial charge < -0.3 is 10.6 Å². The number of allylic oxidation sites excluding steroid dienone is 1. The molecular formula is C17H24N2O. The van der Waals surface area contributed by atoms with Crippen molar-refractivity contribution >= 4 is 11.7 Å². The SMILES string of the molecule is CCc1cccc(CC)c1NC(=O)N/C=C(\C)C1CC1. The molecule has 0 saturated heterocycles. The largest absolute Gasteiger partial charge is 0.323 e. The van der Waals surface area contributed by atoms with Crippen LogP contribution in [0.3, 0.4) is 0 Å². The second-order valence-electron chi connectivity index (χ2n) is 5.42. The molecule has 3 nitrogen and oxygen atoms in total. The van der Waals surface area contributed by atoms with Crippen LogP contribution >= 0.6 is 0 Å². The van der Waals surface area contributed by atoms with Gasteiger partial charge in [-0.15, -0.1) is 0 Å². The van der Waals surface area contributed by atoms with E-state index in [0.29, 0.717) is 5.92 Å². The Hall–Kier alpha value is -1.77. The lowest BCUT2D eigenvalue weighted by Gasteiger charge is -2.14. The highest BCUT2D eigenvalue weighted by molar-refractivity contribution is 5.91. The smallest absolute Gasteiger partial charge is 0.314 e. The molecular weight excluding hydrogens is 248 g/mol. The molecule has 1 aliphatic rings. The number of carbonyl (C=O) groups excluding carboxylic acids is 1. The van der Waals surface area contributed by atoms with E-state index in [9.17, 15) is 4.79 Å². The molecule has 20 heavy (non-hydrogen) atoms. The van der Waals surface area contributed by atoms with Gasteiger partial charge in [0, 0.05) is 11.9 Å².